The first-order valence-corrected chi connectivity index (χ1v) is 11.9. The van der Waals surface area contributed by atoms with E-state index in [0.717, 1.165) is 34.5 Å². The molecular weight excluding hydrogens is 483 g/mol. The summed E-state index contributed by atoms with van der Waals surface area (Å²) in [6, 6.07) is 11.9. The summed E-state index contributed by atoms with van der Waals surface area (Å²) in [5.41, 5.74) is 3.92. The first kappa shape index (κ1) is 26.3. The zero-order valence-corrected chi connectivity index (χ0v) is 20.8. The fraction of sp³-hybridized carbons (Fsp3) is 0.321. The first-order chi connectivity index (χ1) is 17.4. The summed E-state index contributed by atoms with van der Waals surface area (Å²) in [6.07, 6.45) is -2.82. The summed E-state index contributed by atoms with van der Waals surface area (Å²) in [7, 11) is 0. The van der Waals surface area contributed by atoms with Gasteiger partial charge in [0, 0.05) is 25.8 Å². The Morgan fingerprint density at radius 1 is 1.11 bits per heavy atom. The maximum Gasteiger partial charge on any atom is 0.416 e. The van der Waals surface area contributed by atoms with Gasteiger partial charge in [-0.2, -0.15) is 13.2 Å². The van der Waals surface area contributed by atoms with Gasteiger partial charge in [-0.1, -0.05) is 38.1 Å². The highest BCUT2D eigenvalue weighted by molar-refractivity contribution is 5.94. The van der Waals surface area contributed by atoms with Gasteiger partial charge in [0.05, 0.1) is 28.4 Å². The molecule has 3 aromatic rings. The van der Waals surface area contributed by atoms with Crippen molar-refractivity contribution >= 4 is 11.9 Å². The van der Waals surface area contributed by atoms with Crippen LogP contribution >= 0.6 is 0 Å². The minimum atomic E-state index is -4.37. The number of hydrogen-bond acceptors (Lipinski definition) is 4. The molecule has 1 aliphatic heterocycles. The van der Waals surface area contributed by atoms with E-state index in [1.165, 1.54) is 18.2 Å². The van der Waals surface area contributed by atoms with Gasteiger partial charge in [-0.3, -0.25) is 14.7 Å². The van der Waals surface area contributed by atoms with Crippen LogP contribution in [0.2, 0.25) is 0 Å². The van der Waals surface area contributed by atoms with Gasteiger partial charge in [0.2, 0.25) is 0 Å². The topological polar surface area (TPSA) is 82.5 Å². The SMILES string of the molecule is Cc1cc(CNC(=O)c2cnc3c(c2)CN(Cc2ccc(C(F)(F)F)cc2)C3C(C)C)ccc1C(=O)O. The van der Waals surface area contributed by atoms with Crippen LogP contribution in [0.4, 0.5) is 13.2 Å². The molecule has 37 heavy (non-hydrogen) atoms. The van der Waals surface area contributed by atoms with Crippen molar-refractivity contribution in [1.82, 2.24) is 15.2 Å². The van der Waals surface area contributed by atoms with Gasteiger partial charge in [0.25, 0.3) is 5.91 Å². The Bertz CT molecular complexity index is 1320. The molecule has 2 aromatic carbocycles. The Labute approximate surface area is 213 Å². The summed E-state index contributed by atoms with van der Waals surface area (Å²) < 4.78 is 38.7. The minimum absolute atomic E-state index is 0.0230. The van der Waals surface area contributed by atoms with Crippen LogP contribution in [0.3, 0.4) is 0 Å². The number of alkyl halides is 3. The van der Waals surface area contributed by atoms with Crippen molar-refractivity contribution in [2.24, 2.45) is 5.92 Å². The van der Waals surface area contributed by atoms with Gasteiger partial charge >= 0.3 is 12.1 Å². The van der Waals surface area contributed by atoms with Crippen LogP contribution in [0.25, 0.3) is 0 Å². The molecule has 1 amide bonds. The first-order valence-electron chi connectivity index (χ1n) is 11.9. The summed E-state index contributed by atoms with van der Waals surface area (Å²) in [4.78, 5) is 30.8. The number of carboxylic acids is 1. The Kier molecular flexibility index (Phi) is 7.36. The number of nitrogens with zero attached hydrogens (tertiary/aromatic N) is 2. The third-order valence-electron chi connectivity index (χ3n) is 6.58. The molecular formula is C28H28F3N3O3. The lowest BCUT2D eigenvalue weighted by Gasteiger charge is -2.27. The number of rotatable bonds is 7. The van der Waals surface area contributed by atoms with Crippen molar-refractivity contribution in [3.05, 3.63) is 99.4 Å². The Balaban J connectivity index is 1.46. The van der Waals surface area contributed by atoms with Crippen LogP contribution in [0.15, 0.2) is 54.7 Å². The molecule has 9 heteroatoms. The van der Waals surface area contributed by atoms with Crippen LogP contribution in [0.1, 0.15) is 74.1 Å². The number of aryl methyl sites for hydroxylation is 1. The van der Waals surface area contributed by atoms with Crippen LogP contribution in [-0.2, 0) is 25.8 Å². The summed E-state index contributed by atoms with van der Waals surface area (Å²) >= 11 is 0. The van der Waals surface area contributed by atoms with Gasteiger partial charge in [-0.15, -0.1) is 0 Å². The number of halogens is 3. The second-order valence-corrected chi connectivity index (χ2v) is 9.69. The predicted molar refractivity (Wildman–Crippen MR) is 132 cm³/mol. The molecule has 0 spiro atoms. The van der Waals surface area contributed by atoms with E-state index in [9.17, 15) is 27.9 Å². The van der Waals surface area contributed by atoms with Gasteiger partial charge in [0.15, 0.2) is 0 Å². The molecule has 0 aliphatic carbocycles. The van der Waals surface area contributed by atoms with Crippen LogP contribution in [0, 0.1) is 12.8 Å². The molecule has 1 aromatic heterocycles. The smallest absolute Gasteiger partial charge is 0.416 e. The number of carbonyl (C=O) groups excluding carboxylic acids is 1. The molecule has 0 saturated carbocycles. The molecule has 2 heterocycles. The summed E-state index contributed by atoms with van der Waals surface area (Å²) in [6.45, 7) is 7.08. The third-order valence-corrected chi connectivity index (χ3v) is 6.58. The van der Waals surface area contributed by atoms with Gasteiger partial charge in [-0.05, 0) is 59.4 Å². The van der Waals surface area contributed by atoms with Gasteiger partial charge in [-0.25, -0.2) is 4.79 Å². The maximum absolute atomic E-state index is 12.9. The van der Waals surface area contributed by atoms with E-state index in [0.29, 0.717) is 24.2 Å². The van der Waals surface area contributed by atoms with Crippen LogP contribution in [-0.4, -0.2) is 26.9 Å². The van der Waals surface area contributed by atoms with Crippen LogP contribution < -0.4 is 5.32 Å². The van der Waals surface area contributed by atoms with Crippen molar-refractivity contribution in [2.45, 2.75) is 52.6 Å². The summed E-state index contributed by atoms with van der Waals surface area (Å²) in [5, 5.41) is 12.0. The van der Waals surface area contributed by atoms with E-state index >= 15 is 0 Å². The molecule has 0 radical (unpaired) electrons. The second kappa shape index (κ2) is 10.3. The predicted octanol–water partition coefficient (Wildman–Crippen LogP) is 5.75. The van der Waals surface area contributed by atoms with Crippen LogP contribution in [0.5, 0.6) is 0 Å². The van der Waals surface area contributed by atoms with E-state index in [2.05, 4.69) is 29.0 Å². The second-order valence-electron chi connectivity index (χ2n) is 9.69. The fourth-order valence-electron chi connectivity index (χ4n) is 4.81. The van der Waals surface area contributed by atoms with Crippen molar-refractivity contribution < 1.29 is 27.9 Å². The van der Waals surface area contributed by atoms with E-state index in [1.54, 1.807) is 25.3 Å². The standard InChI is InChI=1S/C28H28F3N3O3/c1-16(2)25-24-21(15-34(25)14-18-4-7-22(8-5-18)28(29,30)31)11-20(13-32-24)26(35)33-12-19-6-9-23(27(36)37)17(3)10-19/h4-11,13,16,25H,12,14-15H2,1-3H3,(H,33,35)(H,36,37). The largest absolute Gasteiger partial charge is 0.478 e. The molecule has 1 atom stereocenters. The lowest BCUT2D eigenvalue weighted by molar-refractivity contribution is -0.137. The third kappa shape index (κ3) is 5.83. The van der Waals surface area contributed by atoms with E-state index in [4.69, 9.17) is 0 Å². The monoisotopic (exact) mass is 511 g/mol. The number of amides is 1. The zero-order chi connectivity index (χ0) is 26.9. The number of pyridine rings is 1. The number of benzene rings is 2. The lowest BCUT2D eigenvalue weighted by atomic mass is 9.99. The highest BCUT2D eigenvalue weighted by atomic mass is 19.4. The number of carboxylic acid groups (broad SMARTS) is 1. The number of aromatic carboxylic acids is 1. The number of nitrogens with one attached hydrogen (secondary N) is 1. The molecule has 0 fully saturated rings. The fourth-order valence-corrected chi connectivity index (χ4v) is 4.81. The van der Waals surface area contributed by atoms with Crippen molar-refractivity contribution in [2.75, 3.05) is 0 Å². The van der Waals surface area contributed by atoms with Crippen molar-refractivity contribution in [3.8, 4) is 0 Å². The molecule has 2 N–H and O–H groups in total. The average molecular weight is 512 g/mol. The molecule has 0 saturated heterocycles. The molecule has 6 nitrogen and oxygen atoms in total. The van der Waals surface area contributed by atoms with E-state index in [-0.39, 0.29) is 30.0 Å². The zero-order valence-electron chi connectivity index (χ0n) is 20.8. The highest BCUT2D eigenvalue weighted by Gasteiger charge is 2.35. The van der Waals surface area contributed by atoms with Crippen molar-refractivity contribution in [1.29, 1.82) is 0 Å². The highest BCUT2D eigenvalue weighted by Crippen LogP contribution is 2.39. The maximum atomic E-state index is 12.9. The Hall–Kier alpha value is -3.72. The Morgan fingerprint density at radius 3 is 2.38 bits per heavy atom. The average Bonchev–Trinajstić information content (AvgIpc) is 3.19. The quantitative estimate of drug-likeness (QED) is 0.422. The summed E-state index contributed by atoms with van der Waals surface area (Å²) in [5.74, 6) is -1.08. The number of hydrogen-bond donors (Lipinski definition) is 2. The van der Waals surface area contributed by atoms with E-state index < -0.39 is 17.7 Å². The number of fused-ring (bicyclic) bond motifs is 1. The van der Waals surface area contributed by atoms with Gasteiger partial charge < -0.3 is 10.4 Å². The number of aromatic nitrogens is 1. The molecule has 1 aliphatic rings. The molecule has 194 valence electrons. The van der Waals surface area contributed by atoms with Gasteiger partial charge in [0.1, 0.15) is 0 Å². The minimum Gasteiger partial charge on any atom is -0.478 e. The molecule has 0 bridgehead atoms. The Morgan fingerprint density at radius 2 is 1.78 bits per heavy atom. The lowest BCUT2D eigenvalue weighted by Crippen LogP contribution is -2.25. The normalized spacial score (nSPS) is 15.6. The van der Waals surface area contributed by atoms with Crippen molar-refractivity contribution in [3.63, 3.8) is 0 Å². The van der Waals surface area contributed by atoms with E-state index in [1.807, 2.05) is 6.07 Å². The molecule has 1 unspecified atom stereocenters. The number of carbonyl (C=O) groups is 2. The molecule has 4 rings (SSSR count).